The minimum atomic E-state index is -2.13. The summed E-state index contributed by atoms with van der Waals surface area (Å²) >= 11 is 0. The standard InChI is InChI=1S/C24H44O7Si/c1-17(25)12-24(14-20-29-10-11-30-20)13-19(31-32(8,9)22(3,4)5)18(2)23(6,21(24)26)15-28-16-27-7/h18-20H,10-16H2,1-9H3/t18-,19+,23-,24-/m0/s1. The van der Waals surface area contributed by atoms with E-state index in [1.54, 1.807) is 14.0 Å². The summed E-state index contributed by atoms with van der Waals surface area (Å²) in [5, 5.41) is 0.0258. The second-order valence-electron chi connectivity index (χ2n) is 11.4. The van der Waals surface area contributed by atoms with Gasteiger partial charge in [-0.15, -0.1) is 0 Å². The van der Waals surface area contributed by atoms with Crippen LogP contribution in [-0.4, -0.2) is 66.0 Å². The maximum Gasteiger partial charge on any atom is 0.192 e. The van der Waals surface area contributed by atoms with E-state index in [-0.39, 0.29) is 48.4 Å². The van der Waals surface area contributed by atoms with Crippen LogP contribution in [0.2, 0.25) is 18.1 Å². The molecule has 32 heavy (non-hydrogen) atoms. The van der Waals surface area contributed by atoms with Gasteiger partial charge in [0.1, 0.15) is 18.4 Å². The first-order valence-corrected chi connectivity index (χ1v) is 14.6. The van der Waals surface area contributed by atoms with Crippen LogP contribution in [0.25, 0.3) is 0 Å². The van der Waals surface area contributed by atoms with Gasteiger partial charge in [0, 0.05) is 31.5 Å². The van der Waals surface area contributed by atoms with E-state index in [0.29, 0.717) is 26.1 Å². The fourth-order valence-corrected chi connectivity index (χ4v) is 6.23. The van der Waals surface area contributed by atoms with E-state index in [1.807, 2.05) is 6.92 Å². The zero-order valence-corrected chi connectivity index (χ0v) is 22.5. The molecule has 0 aromatic carbocycles. The molecule has 1 saturated carbocycles. The first-order chi connectivity index (χ1) is 14.7. The Morgan fingerprint density at radius 1 is 1.22 bits per heavy atom. The Morgan fingerprint density at radius 2 is 1.81 bits per heavy atom. The number of ketones is 2. The van der Waals surface area contributed by atoms with Crippen molar-refractivity contribution in [3.05, 3.63) is 0 Å². The van der Waals surface area contributed by atoms with Crippen LogP contribution in [0.1, 0.15) is 60.8 Å². The van der Waals surface area contributed by atoms with Crippen molar-refractivity contribution >= 4 is 19.9 Å². The van der Waals surface area contributed by atoms with Crippen molar-refractivity contribution in [3.8, 4) is 0 Å². The lowest BCUT2D eigenvalue weighted by Crippen LogP contribution is -2.61. The molecule has 1 aliphatic heterocycles. The number of hydrogen-bond donors (Lipinski definition) is 0. The fourth-order valence-electron chi connectivity index (χ4n) is 4.83. The van der Waals surface area contributed by atoms with Crippen LogP contribution in [0.15, 0.2) is 0 Å². The molecule has 2 aliphatic rings. The molecule has 0 radical (unpaired) electrons. The van der Waals surface area contributed by atoms with Gasteiger partial charge in [0.15, 0.2) is 14.6 Å². The van der Waals surface area contributed by atoms with Crippen LogP contribution in [0.5, 0.6) is 0 Å². The number of ether oxygens (including phenoxy) is 4. The Balaban J connectivity index is 2.49. The SMILES string of the molecule is COCOC[C@]1(C)C(=O)[C@](CC(C)=O)(CC2OCCO2)C[C@@H](O[Si](C)(C)C(C)(C)C)[C@@H]1C. The van der Waals surface area contributed by atoms with Crippen molar-refractivity contribution in [2.45, 2.75) is 91.3 Å². The summed E-state index contributed by atoms with van der Waals surface area (Å²) in [5.74, 6) is -0.0541. The highest BCUT2D eigenvalue weighted by molar-refractivity contribution is 6.74. The van der Waals surface area contributed by atoms with E-state index in [0.717, 1.165) is 0 Å². The van der Waals surface area contributed by atoms with Crippen LogP contribution in [0.4, 0.5) is 0 Å². The second kappa shape index (κ2) is 10.3. The molecule has 1 saturated heterocycles. The summed E-state index contributed by atoms with van der Waals surface area (Å²) in [5.41, 5.74) is -1.73. The molecule has 186 valence electrons. The third-order valence-electron chi connectivity index (χ3n) is 7.85. The molecule has 0 N–H and O–H groups in total. The predicted molar refractivity (Wildman–Crippen MR) is 125 cm³/mol. The van der Waals surface area contributed by atoms with Crippen LogP contribution in [-0.2, 0) is 33.0 Å². The Morgan fingerprint density at radius 3 is 2.31 bits per heavy atom. The van der Waals surface area contributed by atoms with E-state index in [4.69, 9.17) is 23.4 Å². The molecular formula is C24H44O7Si. The molecule has 0 amide bonds. The quantitative estimate of drug-likeness (QED) is 0.266. The molecule has 2 rings (SSSR count). The zero-order valence-electron chi connectivity index (χ0n) is 21.5. The number of Topliss-reactive ketones (excluding diaryl/α,β-unsaturated/α-hetero) is 2. The van der Waals surface area contributed by atoms with Gasteiger partial charge >= 0.3 is 0 Å². The second-order valence-corrected chi connectivity index (χ2v) is 16.2. The van der Waals surface area contributed by atoms with E-state index < -0.39 is 25.4 Å². The highest BCUT2D eigenvalue weighted by Gasteiger charge is 2.60. The van der Waals surface area contributed by atoms with Crippen molar-refractivity contribution in [1.29, 1.82) is 0 Å². The van der Waals surface area contributed by atoms with Crippen molar-refractivity contribution in [3.63, 3.8) is 0 Å². The van der Waals surface area contributed by atoms with Gasteiger partial charge in [-0.05, 0) is 37.4 Å². The summed E-state index contributed by atoms with van der Waals surface area (Å²) < 4.78 is 29.2. The third-order valence-corrected chi connectivity index (χ3v) is 12.4. The summed E-state index contributed by atoms with van der Waals surface area (Å²) in [6, 6.07) is 0. The maximum atomic E-state index is 14.2. The molecule has 7 nitrogen and oxygen atoms in total. The van der Waals surface area contributed by atoms with Gasteiger partial charge in [-0.3, -0.25) is 9.59 Å². The molecule has 0 unspecified atom stereocenters. The number of rotatable bonds is 10. The molecule has 0 spiro atoms. The lowest BCUT2D eigenvalue weighted by Gasteiger charge is -2.54. The van der Waals surface area contributed by atoms with Crippen LogP contribution in [0.3, 0.4) is 0 Å². The number of hydrogen-bond acceptors (Lipinski definition) is 7. The molecule has 0 aromatic rings. The maximum absolute atomic E-state index is 14.2. The molecule has 4 atom stereocenters. The highest BCUT2D eigenvalue weighted by Crippen LogP contribution is 2.54. The zero-order chi connectivity index (χ0) is 24.4. The van der Waals surface area contributed by atoms with Gasteiger partial charge < -0.3 is 23.4 Å². The number of methoxy groups -OCH3 is 1. The van der Waals surface area contributed by atoms with Gasteiger partial charge in [-0.25, -0.2) is 0 Å². The molecule has 8 heteroatoms. The molecule has 0 aromatic heterocycles. The van der Waals surface area contributed by atoms with Crippen molar-refractivity contribution in [2.24, 2.45) is 16.7 Å². The van der Waals surface area contributed by atoms with Crippen LogP contribution in [0, 0.1) is 16.7 Å². The minimum Gasteiger partial charge on any atom is -0.414 e. The lowest BCUT2D eigenvalue weighted by atomic mass is 9.54. The van der Waals surface area contributed by atoms with E-state index in [9.17, 15) is 9.59 Å². The largest absolute Gasteiger partial charge is 0.414 e. The van der Waals surface area contributed by atoms with Gasteiger partial charge in [0.25, 0.3) is 0 Å². The van der Waals surface area contributed by atoms with E-state index in [1.165, 1.54) is 0 Å². The Bertz CT molecular complexity index is 668. The summed E-state index contributed by atoms with van der Waals surface area (Å²) in [6.45, 7) is 18.0. The summed E-state index contributed by atoms with van der Waals surface area (Å²) in [7, 11) is -0.566. The first-order valence-electron chi connectivity index (χ1n) is 11.7. The van der Waals surface area contributed by atoms with Gasteiger partial charge in [0.2, 0.25) is 0 Å². The average Bonchev–Trinajstić information content (AvgIpc) is 3.16. The third kappa shape index (κ3) is 5.88. The molecular weight excluding hydrogens is 428 g/mol. The monoisotopic (exact) mass is 472 g/mol. The smallest absolute Gasteiger partial charge is 0.192 e. The molecule has 1 heterocycles. The van der Waals surface area contributed by atoms with Crippen LogP contribution >= 0.6 is 0 Å². The highest BCUT2D eigenvalue weighted by atomic mass is 28.4. The summed E-state index contributed by atoms with van der Waals surface area (Å²) in [6.07, 6.45) is 0.339. The van der Waals surface area contributed by atoms with Crippen molar-refractivity contribution in [2.75, 3.05) is 33.7 Å². The van der Waals surface area contributed by atoms with E-state index in [2.05, 4.69) is 40.8 Å². The average molecular weight is 473 g/mol. The van der Waals surface area contributed by atoms with Crippen LogP contribution < -0.4 is 0 Å². The van der Waals surface area contributed by atoms with Gasteiger partial charge in [-0.1, -0.05) is 34.6 Å². The van der Waals surface area contributed by atoms with Crippen molar-refractivity contribution < 1.29 is 33.0 Å². The summed E-state index contributed by atoms with van der Waals surface area (Å²) in [4.78, 5) is 26.6. The predicted octanol–water partition coefficient (Wildman–Crippen LogP) is 4.34. The Kier molecular flexibility index (Phi) is 8.90. The molecule has 2 fully saturated rings. The first kappa shape index (κ1) is 27.6. The Hall–Kier alpha value is -0.643. The normalized spacial score (nSPS) is 32.5. The van der Waals surface area contributed by atoms with Gasteiger partial charge in [0.05, 0.1) is 25.2 Å². The fraction of sp³-hybridized carbons (Fsp3) is 0.917. The lowest BCUT2D eigenvalue weighted by molar-refractivity contribution is -0.177. The van der Waals surface area contributed by atoms with Crippen molar-refractivity contribution in [1.82, 2.24) is 0 Å². The number of carbonyl (C=O) groups is 2. The van der Waals surface area contributed by atoms with Gasteiger partial charge in [-0.2, -0.15) is 0 Å². The minimum absolute atomic E-state index is 0.0165. The van der Waals surface area contributed by atoms with E-state index >= 15 is 0 Å². The molecule has 0 bridgehead atoms. The topological polar surface area (TPSA) is 80.3 Å². The number of carbonyl (C=O) groups excluding carboxylic acids is 2. The Labute approximate surface area is 195 Å². The molecule has 1 aliphatic carbocycles.